The Kier molecular flexibility index (Phi) is 5.20. The first-order chi connectivity index (χ1) is 12.5. The Hall–Kier alpha value is -2.90. The molecular formula is C18H20N2O6. The number of benzene rings is 1. The number of amides is 3. The second-order valence-electron chi connectivity index (χ2n) is 6.38. The molecule has 2 aliphatic heterocycles. The van der Waals surface area contributed by atoms with Gasteiger partial charge >= 0.3 is 5.97 Å². The lowest BCUT2D eigenvalue weighted by Gasteiger charge is -2.29. The molecule has 2 aliphatic rings. The predicted octanol–water partition coefficient (Wildman–Crippen LogP) is 1.08. The third-order valence-corrected chi connectivity index (χ3v) is 4.58. The number of fused-ring (bicyclic) bond motifs is 1. The molecule has 1 fully saturated rings. The zero-order valence-corrected chi connectivity index (χ0v) is 14.2. The van der Waals surface area contributed by atoms with Crippen molar-refractivity contribution >= 4 is 23.7 Å². The summed E-state index contributed by atoms with van der Waals surface area (Å²) in [5.74, 6) is -1.28. The zero-order valence-electron chi connectivity index (χ0n) is 14.2. The van der Waals surface area contributed by atoms with Crippen molar-refractivity contribution in [1.82, 2.24) is 10.2 Å². The molecule has 2 heterocycles. The van der Waals surface area contributed by atoms with Gasteiger partial charge in [-0.25, -0.2) is 0 Å². The van der Waals surface area contributed by atoms with Crippen LogP contribution in [0.25, 0.3) is 0 Å². The number of piperidine rings is 1. The third-order valence-electron chi connectivity index (χ3n) is 4.58. The van der Waals surface area contributed by atoms with E-state index < -0.39 is 17.9 Å². The van der Waals surface area contributed by atoms with E-state index in [-0.39, 0.29) is 31.2 Å². The lowest BCUT2D eigenvalue weighted by atomic mass is 10.0. The molecule has 1 unspecified atom stereocenters. The fraction of sp³-hybridized carbons (Fsp3) is 0.444. The van der Waals surface area contributed by atoms with Crippen LogP contribution in [-0.4, -0.2) is 46.3 Å². The summed E-state index contributed by atoms with van der Waals surface area (Å²) < 4.78 is 5.73. The van der Waals surface area contributed by atoms with E-state index in [0.29, 0.717) is 37.2 Å². The highest BCUT2D eigenvalue weighted by Gasteiger charge is 2.40. The summed E-state index contributed by atoms with van der Waals surface area (Å²) >= 11 is 0. The van der Waals surface area contributed by atoms with Gasteiger partial charge in [-0.1, -0.05) is 6.07 Å². The molecule has 0 spiro atoms. The minimum atomic E-state index is -0.837. The van der Waals surface area contributed by atoms with Crippen molar-refractivity contribution in [3.05, 3.63) is 29.3 Å². The molecule has 8 heteroatoms. The van der Waals surface area contributed by atoms with Gasteiger partial charge in [-0.3, -0.25) is 24.5 Å². The maximum absolute atomic E-state index is 12.7. The van der Waals surface area contributed by atoms with Crippen LogP contribution in [0.15, 0.2) is 18.2 Å². The van der Waals surface area contributed by atoms with E-state index in [4.69, 9.17) is 9.84 Å². The van der Waals surface area contributed by atoms with Crippen LogP contribution in [0, 0.1) is 0 Å². The Morgan fingerprint density at radius 2 is 2.08 bits per heavy atom. The Bertz CT molecular complexity index is 760. The van der Waals surface area contributed by atoms with E-state index in [0.717, 1.165) is 5.56 Å². The first kappa shape index (κ1) is 17.9. The molecule has 1 aromatic rings. The van der Waals surface area contributed by atoms with Gasteiger partial charge in [0.15, 0.2) is 0 Å². The molecule has 1 saturated heterocycles. The molecule has 0 aliphatic carbocycles. The molecule has 8 nitrogen and oxygen atoms in total. The third kappa shape index (κ3) is 3.68. The molecular weight excluding hydrogens is 340 g/mol. The predicted molar refractivity (Wildman–Crippen MR) is 89.5 cm³/mol. The molecule has 26 heavy (non-hydrogen) atoms. The van der Waals surface area contributed by atoms with Crippen molar-refractivity contribution in [2.24, 2.45) is 0 Å². The van der Waals surface area contributed by atoms with E-state index in [9.17, 15) is 19.2 Å². The average molecular weight is 360 g/mol. The second kappa shape index (κ2) is 7.55. The highest BCUT2D eigenvalue weighted by molar-refractivity contribution is 6.05. The van der Waals surface area contributed by atoms with Gasteiger partial charge in [0.1, 0.15) is 11.8 Å². The Morgan fingerprint density at radius 1 is 1.27 bits per heavy atom. The standard InChI is InChI=1S/C18H20N2O6/c21-15-8-7-13(17(24)19-15)20-10-12-11(18(20)25)4-3-5-14(12)26-9-2-1-6-16(22)23/h3-5,13H,1-2,6-10H2,(H,22,23)(H,19,21,24). The number of hydrogen-bond acceptors (Lipinski definition) is 5. The van der Waals surface area contributed by atoms with Crippen LogP contribution in [-0.2, 0) is 20.9 Å². The van der Waals surface area contributed by atoms with Crippen LogP contribution in [0.5, 0.6) is 5.75 Å². The number of rotatable bonds is 7. The largest absolute Gasteiger partial charge is 0.493 e. The van der Waals surface area contributed by atoms with Crippen LogP contribution in [0.1, 0.15) is 48.0 Å². The van der Waals surface area contributed by atoms with Crippen LogP contribution in [0.3, 0.4) is 0 Å². The first-order valence-electron chi connectivity index (χ1n) is 8.58. The molecule has 0 radical (unpaired) electrons. The number of hydrogen-bond donors (Lipinski definition) is 2. The maximum Gasteiger partial charge on any atom is 0.303 e. The number of aliphatic carboxylic acids is 1. The quantitative estimate of drug-likeness (QED) is 0.556. The second-order valence-corrected chi connectivity index (χ2v) is 6.38. The molecule has 1 aromatic carbocycles. The smallest absolute Gasteiger partial charge is 0.303 e. The van der Waals surface area contributed by atoms with Crippen LogP contribution in [0.4, 0.5) is 0 Å². The summed E-state index contributed by atoms with van der Waals surface area (Å²) in [5, 5.41) is 10.9. The van der Waals surface area contributed by atoms with E-state index >= 15 is 0 Å². The number of carboxylic acid groups (broad SMARTS) is 1. The molecule has 3 rings (SSSR count). The van der Waals surface area contributed by atoms with Crippen molar-refractivity contribution in [1.29, 1.82) is 0 Å². The van der Waals surface area contributed by atoms with Crippen molar-refractivity contribution in [2.45, 2.75) is 44.7 Å². The lowest BCUT2D eigenvalue weighted by molar-refractivity contribution is -0.138. The van der Waals surface area contributed by atoms with Gasteiger partial charge in [-0.05, 0) is 31.4 Å². The number of ether oxygens (including phenoxy) is 1. The average Bonchev–Trinajstić information content (AvgIpc) is 2.92. The zero-order chi connectivity index (χ0) is 18.7. The Morgan fingerprint density at radius 3 is 2.81 bits per heavy atom. The number of carboxylic acids is 1. The summed E-state index contributed by atoms with van der Waals surface area (Å²) in [6.07, 6.45) is 1.74. The van der Waals surface area contributed by atoms with Crippen LogP contribution < -0.4 is 10.1 Å². The summed E-state index contributed by atoms with van der Waals surface area (Å²) in [7, 11) is 0. The summed E-state index contributed by atoms with van der Waals surface area (Å²) in [6, 6.07) is 4.52. The maximum atomic E-state index is 12.7. The van der Waals surface area contributed by atoms with E-state index in [2.05, 4.69) is 5.32 Å². The van der Waals surface area contributed by atoms with Gasteiger partial charge in [0, 0.05) is 24.0 Å². The Labute approximate surface area is 150 Å². The minimum Gasteiger partial charge on any atom is -0.493 e. The number of nitrogens with one attached hydrogen (secondary N) is 1. The number of carbonyl (C=O) groups is 4. The van der Waals surface area contributed by atoms with Crippen molar-refractivity contribution in [3.8, 4) is 5.75 Å². The van der Waals surface area contributed by atoms with Gasteiger partial charge in [0.2, 0.25) is 11.8 Å². The highest BCUT2D eigenvalue weighted by Crippen LogP contribution is 2.33. The van der Waals surface area contributed by atoms with Gasteiger partial charge in [-0.2, -0.15) is 0 Å². The van der Waals surface area contributed by atoms with E-state index in [1.165, 1.54) is 4.90 Å². The lowest BCUT2D eigenvalue weighted by Crippen LogP contribution is -2.52. The SMILES string of the molecule is O=C(O)CCCCOc1cccc2c1CN(C1CCC(=O)NC1=O)C2=O. The number of carbonyl (C=O) groups excluding carboxylic acids is 3. The van der Waals surface area contributed by atoms with E-state index in [1.807, 2.05) is 0 Å². The van der Waals surface area contributed by atoms with Crippen molar-refractivity contribution in [3.63, 3.8) is 0 Å². The van der Waals surface area contributed by atoms with Gasteiger partial charge in [-0.15, -0.1) is 0 Å². The van der Waals surface area contributed by atoms with Gasteiger partial charge < -0.3 is 14.7 Å². The number of imide groups is 1. The normalized spacial score (nSPS) is 19.3. The van der Waals surface area contributed by atoms with Crippen molar-refractivity contribution in [2.75, 3.05) is 6.61 Å². The molecule has 3 amide bonds. The topological polar surface area (TPSA) is 113 Å². The van der Waals surface area contributed by atoms with E-state index in [1.54, 1.807) is 18.2 Å². The van der Waals surface area contributed by atoms with Crippen LogP contribution >= 0.6 is 0 Å². The van der Waals surface area contributed by atoms with Crippen molar-refractivity contribution < 1.29 is 29.0 Å². The number of nitrogens with zero attached hydrogens (tertiary/aromatic N) is 1. The first-order valence-corrected chi connectivity index (χ1v) is 8.58. The molecule has 0 bridgehead atoms. The number of unbranched alkanes of at least 4 members (excludes halogenated alkanes) is 1. The fourth-order valence-electron chi connectivity index (χ4n) is 3.25. The fourth-order valence-corrected chi connectivity index (χ4v) is 3.25. The molecule has 0 saturated carbocycles. The molecule has 138 valence electrons. The summed E-state index contributed by atoms with van der Waals surface area (Å²) in [5.41, 5.74) is 1.22. The minimum absolute atomic E-state index is 0.0953. The Balaban J connectivity index is 1.66. The monoisotopic (exact) mass is 360 g/mol. The molecule has 0 aromatic heterocycles. The highest BCUT2D eigenvalue weighted by atomic mass is 16.5. The summed E-state index contributed by atoms with van der Waals surface area (Å²) in [4.78, 5) is 48.0. The molecule has 2 N–H and O–H groups in total. The van der Waals surface area contributed by atoms with Crippen LogP contribution in [0.2, 0.25) is 0 Å². The summed E-state index contributed by atoms with van der Waals surface area (Å²) in [6.45, 7) is 0.613. The van der Waals surface area contributed by atoms with Gasteiger partial charge in [0.05, 0.1) is 13.2 Å². The van der Waals surface area contributed by atoms with Gasteiger partial charge in [0.25, 0.3) is 5.91 Å². The molecule has 1 atom stereocenters.